The van der Waals surface area contributed by atoms with Gasteiger partial charge in [-0.25, -0.2) is 9.79 Å². The molecule has 1 aliphatic heterocycles. The molecule has 1 saturated heterocycles. The van der Waals surface area contributed by atoms with Gasteiger partial charge in [-0.2, -0.15) is 0 Å². The van der Waals surface area contributed by atoms with Crippen molar-refractivity contribution in [3.05, 3.63) is 11.6 Å². The van der Waals surface area contributed by atoms with Crippen LogP contribution in [-0.2, 0) is 4.74 Å². The summed E-state index contributed by atoms with van der Waals surface area (Å²) in [5, 5.41) is 10.1. The quantitative estimate of drug-likeness (QED) is 0.0590. The minimum Gasteiger partial charge on any atom is -0.446 e. The van der Waals surface area contributed by atoms with Crippen molar-refractivity contribution in [3.63, 3.8) is 0 Å². The van der Waals surface area contributed by atoms with Crippen LogP contribution < -0.4 is 27.4 Å². The third-order valence-electron chi connectivity index (χ3n) is 13.6. The lowest BCUT2D eigenvalue weighted by molar-refractivity contribution is -0.0609. The number of nitrogens with one attached hydrogen (secondary N) is 3. The maximum absolute atomic E-state index is 14.1. The van der Waals surface area contributed by atoms with E-state index in [0.29, 0.717) is 18.3 Å². The molecule has 9 heteroatoms. The molecule has 1 amide bonds. The first-order valence-corrected chi connectivity index (χ1v) is 19.4. The molecule has 10 atom stereocenters. The van der Waals surface area contributed by atoms with Gasteiger partial charge in [0.15, 0.2) is 5.96 Å². The molecule has 0 aromatic carbocycles. The van der Waals surface area contributed by atoms with Crippen molar-refractivity contribution in [2.75, 3.05) is 6.67 Å². The van der Waals surface area contributed by atoms with Crippen LogP contribution in [0.5, 0.6) is 0 Å². The number of aliphatic imine (C=N–C) groups is 1. The van der Waals surface area contributed by atoms with Crippen LogP contribution in [0.15, 0.2) is 16.6 Å². The van der Waals surface area contributed by atoms with E-state index < -0.39 is 6.17 Å². The van der Waals surface area contributed by atoms with Crippen LogP contribution in [-0.4, -0.2) is 48.3 Å². The molecule has 268 valence electrons. The van der Waals surface area contributed by atoms with Gasteiger partial charge in [0.1, 0.15) is 18.6 Å². The average molecular weight is 656 g/mol. The topological polar surface area (TPSA) is 130 Å². The van der Waals surface area contributed by atoms with E-state index in [1.807, 2.05) is 0 Å². The average Bonchev–Trinajstić information content (AvgIpc) is 3.35. The first-order valence-electron chi connectivity index (χ1n) is 19.4. The summed E-state index contributed by atoms with van der Waals surface area (Å²) < 4.78 is 6.40. The van der Waals surface area contributed by atoms with Crippen LogP contribution in [0.2, 0.25) is 0 Å². The van der Waals surface area contributed by atoms with Gasteiger partial charge >= 0.3 is 6.09 Å². The van der Waals surface area contributed by atoms with Crippen molar-refractivity contribution < 1.29 is 9.53 Å². The molecule has 4 aliphatic carbocycles. The fourth-order valence-electron chi connectivity index (χ4n) is 11.0. The first-order chi connectivity index (χ1) is 22.4. The van der Waals surface area contributed by atoms with Crippen molar-refractivity contribution in [2.45, 2.75) is 163 Å². The molecule has 5 rings (SSSR count). The summed E-state index contributed by atoms with van der Waals surface area (Å²) >= 11 is 0. The minimum atomic E-state index is -0.483. The third kappa shape index (κ3) is 7.67. The van der Waals surface area contributed by atoms with Crippen LogP contribution in [0, 0.1) is 46.3 Å². The van der Waals surface area contributed by atoms with Crippen molar-refractivity contribution in [3.8, 4) is 0 Å². The van der Waals surface area contributed by atoms with Crippen molar-refractivity contribution in [1.82, 2.24) is 20.9 Å². The van der Waals surface area contributed by atoms with Gasteiger partial charge in [-0.3, -0.25) is 20.9 Å². The molecule has 4 fully saturated rings. The summed E-state index contributed by atoms with van der Waals surface area (Å²) in [6, 6.07) is 0. The number of amides is 1. The van der Waals surface area contributed by atoms with E-state index in [2.05, 4.69) is 75.5 Å². The highest BCUT2D eigenvalue weighted by Gasteiger charge is 2.59. The van der Waals surface area contributed by atoms with Crippen LogP contribution in [0.3, 0.4) is 0 Å². The number of rotatable bonds is 14. The number of hydrogen-bond acceptors (Lipinski definition) is 6. The number of fused-ring (bicyclic) bond motifs is 5. The highest BCUT2D eigenvalue weighted by molar-refractivity contribution is 5.76. The fraction of sp³-hybridized carbons (Fsp3) is 0.895. The number of carbonyl (C=O) groups is 1. The van der Waals surface area contributed by atoms with Crippen molar-refractivity contribution >= 4 is 12.1 Å². The normalized spacial score (nSPS) is 35.4. The predicted molar refractivity (Wildman–Crippen MR) is 192 cm³/mol. The van der Waals surface area contributed by atoms with E-state index in [1.165, 1.54) is 56.9 Å². The lowest BCUT2D eigenvalue weighted by Gasteiger charge is -2.58. The second kappa shape index (κ2) is 15.4. The monoisotopic (exact) mass is 656 g/mol. The van der Waals surface area contributed by atoms with E-state index in [4.69, 9.17) is 16.2 Å². The Morgan fingerprint density at radius 1 is 1.06 bits per heavy atom. The Morgan fingerprint density at radius 3 is 2.47 bits per heavy atom. The zero-order valence-corrected chi connectivity index (χ0v) is 30.8. The molecule has 10 unspecified atom stereocenters. The molecule has 47 heavy (non-hydrogen) atoms. The Hall–Kier alpha value is -1.84. The molecule has 7 N–H and O–H groups in total. The summed E-state index contributed by atoms with van der Waals surface area (Å²) in [6.07, 6.45) is 17.3. The molecule has 0 bridgehead atoms. The second-order valence-electron chi connectivity index (χ2n) is 16.9. The standard InChI is InChI=1S/C38H69N7O2/c1-8-11-33(43-34(39)40)45(32(9-2)44-35-41-23-42-35)36(46)47-27-18-20-37(6)26(22-27)14-15-28-30-17-16-29(25(5)13-10-12-24(3)4)38(30,7)21-19-31(28)37/h14,24-25,27-33,35,41-42,44H,8-13,15-23H2,1-7H3,(H4,39,40,43). The highest BCUT2D eigenvalue weighted by atomic mass is 16.6. The smallest absolute Gasteiger partial charge is 0.413 e. The maximum atomic E-state index is 14.1. The fourth-order valence-corrected chi connectivity index (χ4v) is 11.0. The Morgan fingerprint density at radius 2 is 1.83 bits per heavy atom. The van der Waals surface area contributed by atoms with Crippen LogP contribution in [0.1, 0.15) is 138 Å². The SMILES string of the molecule is CCCC(N=C(N)N)N(C(=O)OC1CCC2(C)C(=CCC3C2CCC2(C)C(C(C)CCCC(C)C)CCC32)C1)C(CC)NC1NCN1. The van der Waals surface area contributed by atoms with Crippen LogP contribution in [0.25, 0.3) is 0 Å². The van der Waals surface area contributed by atoms with Gasteiger partial charge in [0, 0.05) is 6.42 Å². The summed E-state index contributed by atoms with van der Waals surface area (Å²) in [5.74, 6) is 4.91. The zero-order valence-electron chi connectivity index (χ0n) is 30.8. The van der Waals surface area contributed by atoms with Gasteiger partial charge < -0.3 is 16.2 Å². The number of nitrogens with zero attached hydrogens (tertiary/aromatic N) is 2. The summed E-state index contributed by atoms with van der Waals surface area (Å²) in [4.78, 5) is 20.3. The first kappa shape index (κ1) is 36.4. The van der Waals surface area contributed by atoms with Crippen LogP contribution >= 0.6 is 0 Å². The number of hydrogen-bond donors (Lipinski definition) is 5. The molecule has 3 saturated carbocycles. The minimum absolute atomic E-state index is 0.0101. The predicted octanol–water partition coefficient (Wildman–Crippen LogP) is 6.99. The second-order valence-corrected chi connectivity index (χ2v) is 16.9. The van der Waals surface area contributed by atoms with Gasteiger partial charge in [0.05, 0.1) is 12.8 Å². The number of allylic oxidation sites excluding steroid dienone is 1. The highest BCUT2D eigenvalue weighted by Crippen LogP contribution is 2.67. The Kier molecular flexibility index (Phi) is 11.9. The van der Waals surface area contributed by atoms with Crippen molar-refractivity contribution in [2.24, 2.45) is 62.8 Å². The van der Waals surface area contributed by atoms with E-state index in [9.17, 15) is 4.79 Å². The zero-order chi connectivity index (χ0) is 33.9. The van der Waals surface area contributed by atoms with E-state index in [-0.39, 0.29) is 36.0 Å². The lowest BCUT2D eigenvalue weighted by Crippen LogP contribution is -2.70. The molecule has 0 spiro atoms. The summed E-state index contributed by atoms with van der Waals surface area (Å²) in [7, 11) is 0. The maximum Gasteiger partial charge on any atom is 0.413 e. The van der Waals surface area contributed by atoms with E-state index in [1.54, 1.807) is 4.90 Å². The van der Waals surface area contributed by atoms with Gasteiger partial charge in [-0.15, -0.1) is 0 Å². The van der Waals surface area contributed by atoms with E-state index >= 15 is 0 Å². The Labute approximate surface area is 286 Å². The Balaban J connectivity index is 1.27. The summed E-state index contributed by atoms with van der Waals surface area (Å²) in [6.45, 7) is 17.4. The molecular formula is C38H69N7O2. The molecule has 0 radical (unpaired) electrons. The summed E-state index contributed by atoms with van der Waals surface area (Å²) in [5.41, 5.74) is 14.0. The largest absolute Gasteiger partial charge is 0.446 e. The molecule has 1 heterocycles. The van der Waals surface area contributed by atoms with Gasteiger partial charge in [-0.05, 0) is 104 Å². The van der Waals surface area contributed by atoms with E-state index in [0.717, 1.165) is 67.9 Å². The number of carbonyl (C=O) groups excluding carboxylic acids is 1. The third-order valence-corrected chi connectivity index (χ3v) is 13.6. The molecule has 9 nitrogen and oxygen atoms in total. The van der Waals surface area contributed by atoms with Crippen LogP contribution in [0.4, 0.5) is 4.79 Å². The molecular weight excluding hydrogens is 586 g/mol. The molecule has 0 aromatic rings. The van der Waals surface area contributed by atoms with Crippen molar-refractivity contribution in [1.29, 1.82) is 0 Å². The number of nitrogens with two attached hydrogens (primary N) is 2. The van der Waals surface area contributed by atoms with Gasteiger partial charge in [-0.1, -0.05) is 85.8 Å². The van der Waals surface area contributed by atoms with Gasteiger partial charge in [0.25, 0.3) is 0 Å². The molecule has 5 aliphatic rings. The lowest BCUT2D eigenvalue weighted by atomic mass is 9.47. The molecule has 0 aromatic heterocycles. The number of guanidine groups is 1. The van der Waals surface area contributed by atoms with Gasteiger partial charge in [0.2, 0.25) is 0 Å². The number of ether oxygens (including phenoxy) is 1. The Bertz CT molecular complexity index is 1120.